The van der Waals surface area contributed by atoms with Crippen LogP contribution in [-0.4, -0.2) is 19.8 Å². The lowest BCUT2D eigenvalue weighted by Crippen LogP contribution is -1.97. The first-order valence-corrected chi connectivity index (χ1v) is 7.91. The smallest absolute Gasteiger partial charge is 0.195 e. The number of pyridine rings is 1. The quantitative estimate of drug-likeness (QED) is 0.503. The summed E-state index contributed by atoms with van der Waals surface area (Å²) in [6.45, 7) is 3.97. The van der Waals surface area contributed by atoms with Gasteiger partial charge in [-0.15, -0.1) is 10.2 Å². The van der Waals surface area contributed by atoms with Crippen molar-refractivity contribution in [3.05, 3.63) is 59.9 Å². The fourth-order valence-electron chi connectivity index (χ4n) is 2.81. The maximum atomic E-state index is 14.2. The Morgan fingerprint density at radius 3 is 2.54 bits per heavy atom. The molecule has 8 heteroatoms. The fraction of sp³-hybridized carbons (Fsp3) is 0.167. The van der Waals surface area contributed by atoms with Gasteiger partial charge in [0.2, 0.25) is 0 Å². The molecular formula is C18H13F3N4O. The molecule has 0 N–H and O–H groups in total. The van der Waals surface area contributed by atoms with Crippen LogP contribution in [0.25, 0.3) is 28.1 Å². The van der Waals surface area contributed by atoms with Crippen molar-refractivity contribution in [2.24, 2.45) is 0 Å². The molecule has 0 aliphatic carbocycles. The van der Waals surface area contributed by atoms with Crippen LogP contribution in [0.5, 0.6) is 0 Å². The number of aromatic nitrogens is 4. The highest BCUT2D eigenvalue weighted by Crippen LogP contribution is 2.35. The van der Waals surface area contributed by atoms with Gasteiger partial charge in [0.15, 0.2) is 28.9 Å². The van der Waals surface area contributed by atoms with E-state index in [4.69, 9.17) is 4.52 Å². The minimum absolute atomic E-state index is 0.131. The number of halogens is 3. The summed E-state index contributed by atoms with van der Waals surface area (Å²) in [5.41, 5.74) is 1.32. The predicted molar refractivity (Wildman–Crippen MR) is 87.9 cm³/mol. The number of benzene rings is 1. The van der Waals surface area contributed by atoms with Gasteiger partial charge in [-0.3, -0.25) is 4.40 Å². The molecular weight excluding hydrogens is 345 g/mol. The molecule has 0 unspecified atom stereocenters. The molecule has 3 aromatic heterocycles. The molecule has 4 aromatic rings. The van der Waals surface area contributed by atoms with E-state index < -0.39 is 17.5 Å². The lowest BCUT2D eigenvalue weighted by Gasteiger charge is -2.07. The second-order valence-corrected chi connectivity index (χ2v) is 6.15. The molecule has 0 saturated heterocycles. The van der Waals surface area contributed by atoms with Gasteiger partial charge >= 0.3 is 0 Å². The summed E-state index contributed by atoms with van der Waals surface area (Å²) in [7, 11) is 0. The molecule has 0 aliphatic heterocycles. The molecule has 0 aliphatic rings. The van der Waals surface area contributed by atoms with E-state index in [1.54, 1.807) is 22.7 Å². The number of fused-ring (bicyclic) bond motifs is 1. The molecule has 0 amide bonds. The topological polar surface area (TPSA) is 56.2 Å². The Morgan fingerprint density at radius 1 is 0.962 bits per heavy atom. The number of hydrogen-bond acceptors (Lipinski definition) is 4. The van der Waals surface area contributed by atoms with E-state index in [0.717, 1.165) is 18.0 Å². The number of nitrogens with zero attached hydrogens (tertiary/aromatic N) is 4. The van der Waals surface area contributed by atoms with E-state index in [0.29, 0.717) is 11.2 Å². The fourth-order valence-corrected chi connectivity index (χ4v) is 2.81. The van der Waals surface area contributed by atoms with Crippen LogP contribution in [0.2, 0.25) is 0 Å². The summed E-state index contributed by atoms with van der Waals surface area (Å²) in [4.78, 5) is 0. The zero-order valence-electron chi connectivity index (χ0n) is 13.9. The van der Waals surface area contributed by atoms with E-state index in [1.165, 1.54) is 6.20 Å². The summed E-state index contributed by atoms with van der Waals surface area (Å²) in [5, 5.41) is 11.9. The van der Waals surface area contributed by atoms with Crippen LogP contribution in [0, 0.1) is 17.5 Å². The Labute approximate surface area is 146 Å². The van der Waals surface area contributed by atoms with Crippen molar-refractivity contribution < 1.29 is 17.7 Å². The maximum Gasteiger partial charge on any atom is 0.195 e. The highest BCUT2D eigenvalue weighted by atomic mass is 19.2. The second kappa shape index (κ2) is 5.98. The van der Waals surface area contributed by atoms with Crippen molar-refractivity contribution >= 4 is 5.65 Å². The lowest BCUT2D eigenvalue weighted by atomic mass is 10.0. The highest BCUT2D eigenvalue weighted by molar-refractivity contribution is 5.79. The van der Waals surface area contributed by atoms with Crippen molar-refractivity contribution in [2.75, 3.05) is 0 Å². The Balaban J connectivity index is 1.89. The highest BCUT2D eigenvalue weighted by Gasteiger charge is 2.21. The van der Waals surface area contributed by atoms with Crippen LogP contribution < -0.4 is 0 Å². The standard InChI is InChI=1S/C18H13F3N4O/c1-9(2)18-24-23-14-6-3-10(8-25(14)18)17-12(7-22-26-17)11-4-5-13(19)16(21)15(11)20/h3-9H,1-2H3. The van der Waals surface area contributed by atoms with Crippen molar-refractivity contribution in [1.82, 2.24) is 19.8 Å². The summed E-state index contributed by atoms with van der Waals surface area (Å²) in [6, 6.07) is 5.48. The first-order valence-electron chi connectivity index (χ1n) is 7.91. The van der Waals surface area contributed by atoms with Crippen LogP contribution in [0.1, 0.15) is 25.6 Å². The number of rotatable bonds is 3. The summed E-state index contributed by atoms with van der Waals surface area (Å²) >= 11 is 0. The number of hydrogen-bond donors (Lipinski definition) is 0. The Kier molecular flexibility index (Phi) is 3.75. The van der Waals surface area contributed by atoms with Crippen molar-refractivity contribution in [2.45, 2.75) is 19.8 Å². The molecule has 3 heterocycles. The van der Waals surface area contributed by atoms with Crippen molar-refractivity contribution in [3.8, 4) is 22.5 Å². The Bertz CT molecular complexity index is 1120. The van der Waals surface area contributed by atoms with Gasteiger partial charge in [0.25, 0.3) is 0 Å². The van der Waals surface area contributed by atoms with Crippen LogP contribution >= 0.6 is 0 Å². The van der Waals surface area contributed by atoms with Crippen LogP contribution in [0.4, 0.5) is 13.2 Å². The minimum atomic E-state index is -1.54. The summed E-state index contributed by atoms with van der Waals surface area (Å²) < 4.78 is 48.1. The normalized spacial score (nSPS) is 11.6. The average molecular weight is 358 g/mol. The first-order chi connectivity index (χ1) is 12.5. The summed E-state index contributed by atoms with van der Waals surface area (Å²) in [5.74, 6) is -2.95. The molecule has 0 atom stereocenters. The molecule has 0 radical (unpaired) electrons. The van der Waals surface area contributed by atoms with Gasteiger partial charge in [-0.25, -0.2) is 13.2 Å². The van der Waals surface area contributed by atoms with Crippen LogP contribution in [0.15, 0.2) is 41.2 Å². The third-order valence-corrected chi connectivity index (χ3v) is 4.10. The third kappa shape index (κ3) is 2.45. The molecule has 26 heavy (non-hydrogen) atoms. The molecule has 5 nitrogen and oxygen atoms in total. The SMILES string of the molecule is CC(C)c1nnc2ccc(-c3oncc3-c3ccc(F)c(F)c3F)cn12. The van der Waals surface area contributed by atoms with E-state index in [9.17, 15) is 13.2 Å². The maximum absolute atomic E-state index is 14.2. The van der Waals surface area contributed by atoms with Gasteiger partial charge in [-0.2, -0.15) is 0 Å². The zero-order chi connectivity index (χ0) is 18.4. The van der Waals surface area contributed by atoms with Crippen molar-refractivity contribution in [3.63, 3.8) is 0 Å². The van der Waals surface area contributed by atoms with Gasteiger partial charge < -0.3 is 4.52 Å². The van der Waals surface area contributed by atoms with Gasteiger partial charge in [0.1, 0.15) is 5.82 Å². The second-order valence-electron chi connectivity index (χ2n) is 6.15. The zero-order valence-corrected chi connectivity index (χ0v) is 13.9. The van der Waals surface area contributed by atoms with E-state index in [1.807, 2.05) is 13.8 Å². The van der Waals surface area contributed by atoms with E-state index in [2.05, 4.69) is 15.4 Å². The molecule has 0 saturated carbocycles. The van der Waals surface area contributed by atoms with Crippen LogP contribution in [0.3, 0.4) is 0 Å². The molecule has 0 fully saturated rings. The molecule has 4 rings (SSSR count). The minimum Gasteiger partial charge on any atom is -0.356 e. The van der Waals surface area contributed by atoms with Crippen LogP contribution in [-0.2, 0) is 0 Å². The molecule has 132 valence electrons. The average Bonchev–Trinajstić information content (AvgIpc) is 3.26. The van der Waals surface area contributed by atoms with E-state index >= 15 is 0 Å². The van der Waals surface area contributed by atoms with Gasteiger partial charge in [0.05, 0.1) is 11.8 Å². The van der Waals surface area contributed by atoms with E-state index in [-0.39, 0.29) is 22.8 Å². The largest absolute Gasteiger partial charge is 0.356 e. The van der Waals surface area contributed by atoms with Crippen molar-refractivity contribution in [1.29, 1.82) is 0 Å². The first kappa shape index (κ1) is 16.3. The molecule has 1 aromatic carbocycles. The predicted octanol–water partition coefficient (Wildman–Crippen LogP) is 4.59. The third-order valence-electron chi connectivity index (χ3n) is 4.10. The monoisotopic (exact) mass is 358 g/mol. The summed E-state index contributed by atoms with van der Waals surface area (Å²) in [6.07, 6.45) is 3.01. The molecule has 0 spiro atoms. The van der Waals surface area contributed by atoms with Gasteiger partial charge in [-0.05, 0) is 24.3 Å². The Morgan fingerprint density at radius 2 is 1.77 bits per heavy atom. The lowest BCUT2D eigenvalue weighted by molar-refractivity contribution is 0.432. The van der Waals surface area contributed by atoms with Gasteiger partial charge in [0, 0.05) is 23.2 Å². The van der Waals surface area contributed by atoms with Gasteiger partial charge in [-0.1, -0.05) is 19.0 Å². The molecule has 0 bridgehead atoms. The Hall–Kier alpha value is -3.16.